The summed E-state index contributed by atoms with van der Waals surface area (Å²) in [5, 5.41) is 17.2. The van der Waals surface area contributed by atoms with Gasteiger partial charge in [-0.15, -0.1) is 0 Å². The molecule has 7 heteroatoms. The molecular weight excluding hydrogens is 332 g/mol. The minimum atomic E-state index is -0.372. The summed E-state index contributed by atoms with van der Waals surface area (Å²) in [5.74, 6) is 0.492. The van der Waals surface area contributed by atoms with Crippen molar-refractivity contribution < 1.29 is 9.72 Å². The molecule has 3 rings (SSSR count). The lowest BCUT2D eigenvalue weighted by atomic mass is 9.81. The number of pyridine rings is 1. The molecule has 2 N–H and O–H groups in total. The van der Waals surface area contributed by atoms with Gasteiger partial charge < -0.3 is 10.6 Å². The molecule has 0 atom stereocenters. The highest BCUT2D eigenvalue weighted by molar-refractivity contribution is 5.92. The second kappa shape index (κ2) is 8.42. The Morgan fingerprint density at radius 2 is 1.81 bits per heavy atom. The van der Waals surface area contributed by atoms with Gasteiger partial charge in [-0.1, -0.05) is 12.1 Å². The van der Waals surface area contributed by atoms with Crippen LogP contribution in [0.3, 0.4) is 0 Å². The average Bonchev–Trinajstić information content (AvgIpc) is 2.67. The van der Waals surface area contributed by atoms with Gasteiger partial charge in [-0.05, 0) is 49.8 Å². The van der Waals surface area contributed by atoms with E-state index in [9.17, 15) is 14.9 Å². The van der Waals surface area contributed by atoms with Crippen LogP contribution in [-0.4, -0.2) is 22.4 Å². The van der Waals surface area contributed by atoms with E-state index in [1.54, 1.807) is 42.7 Å². The molecule has 1 amide bonds. The van der Waals surface area contributed by atoms with Crippen LogP contribution in [0.2, 0.25) is 0 Å². The van der Waals surface area contributed by atoms with Gasteiger partial charge >= 0.3 is 0 Å². The van der Waals surface area contributed by atoms with Gasteiger partial charge in [-0.3, -0.25) is 19.9 Å². The first-order valence-corrected chi connectivity index (χ1v) is 8.81. The van der Waals surface area contributed by atoms with Gasteiger partial charge in [0.05, 0.1) is 4.92 Å². The van der Waals surface area contributed by atoms with E-state index >= 15 is 0 Å². The van der Waals surface area contributed by atoms with E-state index in [2.05, 4.69) is 15.6 Å². The third kappa shape index (κ3) is 4.56. The Morgan fingerprint density at radius 1 is 1.12 bits per heavy atom. The molecule has 1 aromatic heterocycles. The monoisotopic (exact) mass is 354 g/mol. The number of aromatic nitrogens is 1. The van der Waals surface area contributed by atoms with Crippen molar-refractivity contribution in [3.63, 3.8) is 0 Å². The minimum absolute atomic E-state index is 0.0190. The molecule has 1 aromatic carbocycles. The zero-order chi connectivity index (χ0) is 18.4. The Hall–Kier alpha value is -2.96. The molecule has 0 unspecified atom stereocenters. The SMILES string of the molecule is O=C(Nc1ccncc1)C1CCC(CNc2ccccc2[N+](=O)[O-])CC1. The predicted molar refractivity (Wildman–Crippen MR) is 99.9 cm³/mol. The molecule has 1 aliphatic rings. The summed E-state index contributed by atoms with van der Waals surface area (Å²) >= 11 is 0. The smallest absolute Gasteiger partial charge is 0.292 e. The minimum Gasteiger partial charge on any atom is -0.379 e. The van der Waals surface area contributed by atoms with Gasteiger partial charge in [0.1, 0.15) is 5.69 Å². The number of para-hydroxylation sites is 2. The Morgan fingerprint density at radius 3 is 2.50 bits per heavy atom. The molecule has 0 aliphatic heterocycles. The Labute approximate surface area is 152 Å². The van der Waals surface area contributed by atoms with E-state index in [0.29, 0.717) is 18.2 Å². The molecule has 1 aliphatic carbocycles. The lowest BCUT2D eigenvalue weighted by Gasteiger charge is -2.28. The van der Waals surface area contributed by atoms with Gasteiger partial charge in [0, 0.05) is 36.6 Å². The largest absolute Gasteiger partial charge is 0.379 e. The van der Waals surface area contributed by atoms with E-state index in [4.69, 9.17) is 0 Å². The number of amides is 1. The number of carbonyl (C=O) groups excluding carboxylic acids is 1. The molecule has 0 spiro atoms. The number of nitro benzene ring substituents is 1. The normalized spacial score (nSPS) is 19.5. The molecule has 1 saturated carbocycles. The third-order valence-corrected chi connectivity index (χ3v) is 4.85. The number of hydrogen-bond donors (Lipinski definition) is 2. The number of carbonyl (C=O) groups is 1. The molecule has 26 heavy (non-hydrogen) atoms. The first kappa shape index (κ1) is 17.8. The van der Waals surface area contributed by atoms with Crippen molar-refractivity contribution in [3.05, 3.63) is 58.9 Å². The van der Waals surface area contributed by atoms with Crippen molar-refractivity contribution in [2.24, 2.45) is 11.8 Å². The fourth-order valence-corrected chi connectivity index (χ4v) is 3.34. The van der Waals surface area contributed by atoms with E-state index in [1.165, 1.54) is 6.07 Å². The van der Waals surface area contributed by atoms with Crippen LogP contribution in [0, 0.1) is 22.0 Å². The van der Waals surface area contributed by atoms with Crippen LogP contribution < -0.4 is 10.6 Å². The fourth-order valence-electron chi connectivity index (χ4n) is 3.34. The quantitative estimate of drug-likeness (QED) is 0.607. The standard InChI is InChI=1S/C19H22N4O3/c24-19(22-16-9-11-20-12-10-16)15-7-5-14(6-8-15)13-21-17-3-1-2-4-18(17)23(25)26/h1-4,9-12,14-15,21H,5-8,13H2,(H,20,22,24). The lowest BCUT2D eigenvalue weighted by molar-refractivity contribution is -0.384. The number of nitrogens with one attached hydrogen (secondary N) is 2. The van der Waals surface area contributed by atoms with Crippen LogP contribution >= 0.6 is 0 Å². The van der Waals surface area contributed by atoms with E-state index in [-0.39, 0.29) is 22.4 Å². The van der Waals surface area contributed by atoms with E-state index in [0.717, 1.165) is 31.4 Å². The predicted octanol–water partition coefficient (Wildman–Crippen LogP) is 3.85. The first-order valence-electron chi connectivity index (χ1n) is 8.81. The number of rotatable bonds is 6. The topological polar surface area (TPSA) is 97.2 Å². The summed E-state index contributed by atoms with van der Waals surface area (Å²) in [5.41, 5.74) is 1.41. The van der Waals surface area contributed by atoms with Crippen LogP contribution in [0.1, 0.15) is 25.7 Å². The van der Waals surface area contributed by atoms with Gasteiger partial charge in [0.2, 0.25) is 5.91 Å². The Bertz CT molecular complexity index is 758. The molecule has 0 radical (unpaired) electrons. The zero-order valence-electron chi connectivity index (χ0n) is 14.4. The van der Waals surface area contributed by atoms with E-state index < -0.39 is 0 Å². The molecule has 1 fully saturated rings. The van der Waals surface area contributed by atoms with Crippen molar-refractivity contribution in [2.45, 2.75) is 25.7 Å². The van der Waals surface area contributed by atoms with Gasteiger partial charge in [-0.25, -0.2) is 0 Å². The van der Waals surface area contributed by atoms with Crippen molar-refractivity contribution in [1.82, 2.24) is 4.98 Å². The molecule has 1 heterocycles. The first-order chi connectivity index (χ1) is 12.6. The van der Waals surface area contributed by atoms with Gasteiger partial charge in [-0.2, -0.15) is 0 Å². The maximum absolute atomic E-state index is 12.4. The van der Waals surface area contributed by atoms with Crippen LogP contribution in [-0.2, 0) is 4.79 Å². The molecular formula is C19H22N4O3. The summed E-state index contributed by atoms with van der Waals surface area (Å²) in [6, 6.07) is 10.2. The molecule has 2 aromatic rings. The molecule has 0 bridgehead atoms. The number of hydrogen-bond acceptors (Lipinski definition) is 5. The molecule has 7 nitrogen and oxygen atoms in total. The summed E-state index contributed by atoms with van der Waals surface area (Å²) < 4.78 is 0. The molecule has 136 valence electrons. The third-order valence-electron chi connectivity index (χ3n) is 4.85. The average molecular weight is 354 g/mol. The van der Waals surface area contributed by atoms with Crippen LogP contribution in [0.5, 0.6) is 0 Å². The highest BCUT2D eigenvalue weighted by Gasteiger charge is 2.26. The maximum Gasteiger partial charge on any atom is 0.292 e. The Balaban J connectivity index is 1.47. The number of anilines is 2. The second-order valence-corrected chi connectivity index (χ2v) is 6.60. The van der Waals surface area contributed by atoms with Gasteiger partial charge in [0.15, 0.2) is 0 Å². The number of nitro groups is 1. The highest BCUT2D eigenvalue weighted by atomic mass is 16.6. The van der Waals surface area contributed by atoms with E-state index in [1.807, 2.05) is 0 Å². The van der Waals surface area contributed by atoms with Crippen molar-refractivity contribution >= 4 is 23.0 Å². The van der Waals surface area contributed by atoms with Crippen LogP contribution in [0.25, 0.3) is 0 Å². The van der Waals surface area contributed by atoms with Crippen LogP contribution in [0.15, 0.2) is 48.8 Å². The highest BCUT2D eigenvalue weighted by Crippen LogP contribution is 2.31. The lowest BCUT2D eigenvalue weighted by Crippen LogP contribution is -2.29. The summed E-state index contributed by atoms with van der Waals surface area (Å²) in [6.07, 6.45) is 6.84. The number of nitrogens with zero attached hydrogens (tertiary/aromatic N) is 2. The second-order valence-electron chi connectivity index (χ2n) is 6.60. The summed E-state index contributed by atoms with van der Waals surface area (Å²) in [4.78, 5) is 27.0. The maximum atomic E-state index is 12.4. The van der Waals surface area contributed by atoms with Gasteiger partial charge in [0.25, 0.3) is 5.69 Å². The Kier molecular flexibility index (Phi) is 5.78. The zero-order valence-corrected chi connectivity index (χ0v) is 14.4. The van der Waals surface area contributed by atoms with Crippen molar-refractivity contribution in [2.75, 3.05) is 17.2 Å². The molecule has 0 saturated heterocycles. The summed E-state index contributed by atoms with van der Waals surface area (Å²) in [6.45, 7) is 0.684. The van der Waals surface area contributed by atoms with Crippen molar-refractivity contribution in [1.29, 1.82) is 0 Å². The van der Waals surface area contributed by atoms with Crippen molar-refractivity contribution in [3.8, 4) is 0 Å². The summed E-state index contributed by atoms with van der Waals surface area (Å²) in [7, 11) is 0. The fraction of sp³-hybridized carbons (Fsp3) is 0.368. The van der Waals surface area contributed by atoms with Crippen LogP contribution in [0.4, 0.5) is 17.1 Å². The number of benzene rings is 1.